The minimum absolute atomic E-state index is 0.223. The summed E-state index contributed by atoms with van der Waals surface area (Å²) in [6.45, 7) is 3.78. The van der Waals surface area contributed by atoms with Gasteiger partial charge >= 0.3 is 0 Å². The molecule has 2 unspecified atom stereocenters. The predicted molar refractivity (Wildman–Crippen MR) is 66.3 cm³/mol. The number of aliphatic hydroxyl groups is 1. The molecule has 0 aromatic heterocycles. The van der Waals surface area contributed by atoms with Gasteiger partial charge in [0.25, 0.3) is 0 Å². The molecule has 0 amide bonds. The van der Waals surface area contributed by atoms with Gasteiger partial charge in [0.1, 0.15) is 5.82 Å². The van der Waals surface area contributed by atoms with E-state index in [1.807, 2.05) is 13.0 Å². The molecule has 1 fully saturated rings. The second-order valence-electron chi connectivity index (χ2n) is 4.76. The highest BCUT2D eigenvalue weighted by molar-refractivity contribution is 5.48. The van der Waals surface area contributed by atoms with Crippen LogP contribution in [-0.2, 0) is 6.54 Å². The Morgan fingerprint density at radius 3 is 2.88 bits per heavy atom. The molecule has 2 atom stereocenters. The van der Waals surface area contributed by atoms with Crippen LogP contribution in [0.15, 0.2) is 18.2 Å². The first-order chi connectivity index (χ1) is 8.11. The second kappa shape index (κ2) is 5.02. The molecule has 1 aliphatic heterocycles. The summed E-state index contributed by atoms with van der Waals surface area (Å²) in [5.74, 6) is -0.0234. The van der Waals surface area contributed by atoms with Crippen molar-refractivity contribution in [1.82, 2.24) is 0 Å². The van der Waals surface area contributed by atoms with Crippen molar-refractivity contribution in [2.45, 2.75) is 26.0 Å². The van der Waals surface area contributed by atoms with E-state index in [-0.39, 0.29) is 24.4 Å². The molecule has 0 aliphatic carbocycles. The molecule has 0 bridgehead atoms. The summed E-state index contributed by atoms with van der Waals surface area (Å²) in [5, 5.41) is 9.66. The molecule has 2 rings (SSSR count). The number of anilines is 1. The minimum atomic E-state index is -0.247. The number of benzene rings is 1. The van der Waals surface area contributed by atoms with Crippen molar-refractivity contribution in [3.63, 3.8) is 0 Å². The third-order valence-corrected chi connectivity index (χ3v) is 3.48. The largest absolute Gasteiger partial charge is 0.393 e. The Labute approximate surface area is 101 Å². The number of nitrogens with two attached hydrogens (primary N) is 1. The highest BCUT2D eigenvalue weighted by Gasteiger charge is 2.24. The number of aliphatic hydroxyl groups excluding tert-OH is 1. The molecule has 1 saturated heterocycles. The van der Waals surface area contributed by atoms with Gasteiger partial charge in [-0.05, 0) is 24.5 Å². The van der Waals surface area contributed by atoms with Gasteiger partial charge in [0.05, 0.1) is 6.10 Å². The number of rotatable bonds is 2. The molecule has 4 heteroatoms. The van der Waals surface area contributed by atoms with E-state index >= 15 is 0 Å². The quantitative estimate of drug-likeness (QED) is 0.820. The van der Waals surface area contributed by atoms with Gasteiger partial charge < -0.3 is 15.7 Å². The first-order valence-electron chi connectivity index (χ1n) is 6.03. The SMILES string of the molecule is CC1CN(c2ccc(CN)c(F)c2)CCC1O. The molecule has 0 saturated carbocycles. The molecule has 94 valence electrons. The number of halogens is 1. The lowest BCUT2D eigenvalue weighted by Crippen LogP contribution is -2.42. The van der Waals surface area contributed by atoms with Crippen LogP contribution in [0.2, 0.25) is 0 Å². The van der Waals surface area contributed by atoms with Crippen LogP contribution in [0, 0.1) is 11.7 Å². The number of nitrogens with zero attached hydrogens (tertiary/aromatic N) is 1. The van der Waals surface area contributed by atoms with Gasteiger partial charge in [0.2, 0.25) is 0 Å². The number of piperidine rings is 1. The van der Waals surface area contributed by atoms with Crippen LogP contribution in [-0.4, -0.2) is 24.3 Å². The average molecular weight is 238 g/mol. The summed E-state index contributed by atoms with van der Waals surface area (Å²) in [6.07, 6.45) is 0.501. The summed E-state index contributed by atoms with van der Waals surface area (Å²) in [5.41, 5.74) is 6.85. The molecular weight excluding hydrogens is 219 g/mol. The maximum atomic E-state index is 13.6. The first-order valence-corrected chi connectivity index (χ1v) is 6.03. The van der Waals surface area contributed by atoms with Crippen LogP contribution in [0.3, 0.4) is 0 Å². The fraction of sp³-hybridized carbons (Fsp3) is 0.538. The predicted octanol–water partition coefficient (Wildman–Crippen LogP) is 1.49. The zero-order valence-corrected chi connectivity index (χ0v) is 10.1. The fourth-order valence-corrected chi connectivity index (χ4v) is 2.27. The fourth-order valence-electron chi connectivity index (χ4n) is 2.27. The van der Waals surface area contributed by atoms with Gasteiger partial charge in [-0.1, -0.05) is 13.0 Å². The maximum Gasteiger partial charge on any atom is 0.129 e. The smallest absolute Gasteiger partial charge is 0.129 e. The summed E-state index contributed by atoms with van der Waals surface area (Å²) in [7, 11) is 0. The topological polar surface area (TPSA) is 49.5 Å². The van der Waals surface area contributed by atoms with Crippen molar-refractivity contribution in [2.75, 3.05) is 18.0 Å². The number of hydrogen-bond acceptors (Lipinski definition) is 3. The third-order valence-electron chi connectivity index (χ3n) is 3.48. The lowest BCUT2D eigenvalue weighted by molar-refractivity contribution is 0.0971. The second-order valence-corrected chi connectivity index (χ2v) is 4.76. The Kier molecular flexibility index (Phi) is 3.64. The van der Waals surface area contributed by atoms with Crippen molar-refractivity contribution in [3.05, 3.63) is 29.6 Å². The van der Waals surface area contributed by atoms with Crippen molar-refractivity contribution < 1.29 is 9.50 Å². The molecule has 17 heavy (non-hydrogen) atoms. The van der Waals surface area contributed by atoms with Gasteiger partial charge in [0.15, 0.2) is 0 Å². The zero-order chi connectivity index (χ0) is 12.4. The van der Waals surface area contributed by atoms with Crippen LogP contribution in [0.1, 0.15) is 18.9 Å². The van der Waals surface area contributed by atoms with Crippen molar-refractivity contribution in [3.8, 4) is 0 Å². The van der Waals surface area contributed by atoms with Crippen molar-refractivity contribution in [2.24, 2.45) is 11.7 Å². The van der Waals surface area contributed by atoms with E-state index in [0.29, 0.717) is 5.56 Å². The lowest BCUT2D eigenvalue weighted by Gasteiger charge is -2.36. The summed E-state index contributed by atoms with van der Waals surface area (Å²) < 4.78 is 13.6. The van der Waals surface area contributed by atoms with Gasteiger partial charge in [-0.2, -0.15) is 0 Å². The summed E-state index contributed by atoms with van der Waals surface area (Å²) in [6, 6.07) is 5.17. The van der Waals surface area contributed by atoms with E-state index in [1.165, 1.54) is 6.07 Å². The molecule has 1 aromatic rings. The van der Waals surface area contributed by atoms with Gasteiger partial charge in [0, 0.05) is 30.9 Å². The van der Waals surface area contributed by atoms with E-state index in [4.69, 9.17) is 5.73 Å². The van der Waals surface area contributed by atoms with Gasteiger partial charge in [-0.3, -0.25) is 0 Å². The van der Waals surface area contributed by atoms with Crippen LogP contribution in [0.4, 0.5) is 10.1 Å². The maximum absolute atomic E-state index is 13.6. The van der Waals surface area contributed by atoms with E-state index in [2.05, 4.69) is 4.90 Å². The van der Waals surface area contributed by atoms with E-state index < -0.39 is 0 Å². The molecule has 1 aliphatic rings. The lowest BCUT2D eigenvalue weighted by atomic mass is 9.96. The highest BCUT2D eigenvalue weighted by atomic mass is 19.1. The van der Waals surface area contributed by atoms with Gasteiger partial charge in [-0.15, -0.1) is 0 Å². The molecule has 1 aromatic carbocycles. The molecular formula is C13H19FN2O. The van der Waals surface area contributed by atoms with Crippen LogP contribution >= 0.6 is 0 Å². The zero-order valence-electron chi connectivity index (χ0n) is 10.1. The Morgan fingerprint density at radius 2 is 2.29 bits per heavy atom. The molecule has 1 heterocycles. The molecule has 0 radical (unpaired) electrons. The monoisotopic (exact) mass is 238 g/mol. The van der Waals surface area contributed by atoms with E-state index in [1.54, 1.807) is 6.07 Å². The molecule has 0 spiro atoms. The standard InChI is InChI=1S/C13H19FN2O/c1-9-8-16(5-4-13(9)17)11-3-2-10(7-15)12(14)6-11/h2-3,6,9,13,17H,4-5,7-8,15H2,1H3. The van der Waals surface area contributed by atoms with Gasteiger partial charge in [-0.25, -0.2) is 4.39 Å². The normalized spacial score (nSPS) is 25.1. The molecule has 3 N–H and O–H groups in total. The minimum Gasteiger partial charge on any atom is -0.393 e. The Balaban J connectivity index is 2.15. The van der Waals surface area contributed by atoms with Crippen LogP contribution in [0.5, 0.6) is 0 Å². The summed E-state index contributed by atoms with van der Waals surface area (Å²) >= 11 is 0. The van der Waals surface area contributed by atoms with E-state index in [9.17, 15) is 9.50 Å². The summed E-state index contributed by atoms with van der Waals surface area (Å²) in [4.78, 5) is 2.11. The van der Waals surface area contributed by atoms with E-state index in [0.717, 1.165) is 25.2 Å². The molecule has 3 nitrogen and oxygen atoms in total. The average Bonchev–Trinajstić information content (AvgIpc) is 2.32. The third kappa shape index (κ3) is 2.58. The Hall–Kier alpha value is -1.13. The number of hydrogen-bond donors (Lipinski definition) is 2. The van der Waals surface area contributed by atoms with Crippen molar-refractivity contribution in [1.29, 1.82) is 0 Å². The van der Waals surface area contributed by atoms with Crippen LogP contribution < -0.4 is 10.6 Å². The highest BCUT2D eigenvalue weighted by Crippen LogP contribution is 2.24. The Bertz CT molecular complexity index is 397. The first kappa shape index (κ1) is 12.3. The van der Waals surface area contributed by atoms with Crippen LogP contribution in [0.25, 0.3) is 0 Å². The Morgan fingerprint density at radius 1 is 1.53 bits per heavy atom. The van der Waals surface area contributed by atoms with Crippen molar-refractivity contribution >= 4 is 5.69 Å².